The molecular formula is C14H13F2NO3. The molecule has 4 nitrogen and oxygen atoms in total. The first-order valence-corrected chi connectivity index (χ1v) is 5.83. The van der Waals surface area contributed by atoms with E-state index in [-0.39, 0.29) is 23.4 Å². The van der Waals surface area contributed by atoms with Gasteiger partial charge < -0.3 is 20.6 Å². The number of phenolic OH excluding ortho intramolecular Hbond substituents is 3. The van der Waals surface area contributed by atoms with Crippen LogP contribution in [0.15, 0.2) is 24.3 Å². The molecule has 2 rings (SSSR count). The van der Waals surface area contributed by atoms with Gasteiger partial charge in [-0.3, -0.25) is 0 Å². The van der Waals surface area contributed by atoms with Crippen molar-refractivity contribution in [2.45, 2.75) is 13.5 Å². The fourth-order valence-corrected chi connectivity index (χ4v) is 1.76. The minimum Gasteiger partial charge on any atom is -0.504 e. The summed E-state index contributed by atoms with van der Waals surface area (Å²) in [5.74, 6) is -3.15. The average molecular weight is 281 g/mol. The lowest BCUT2D eigenvalue weighted by Crippen LogP contribution is -2.05. The second-order valence-corrected chi connectivity index (χ2v) is 4.35. The second kappa shape index (κ2) is 5.24. The van der Waals surface area contributed by atoms with Crippen molar-refractivity contribution >= 4 is 5.69 Å². The molecule has 0 aliphatic rings. The first-order valence-electron chi connectivity index (χ1n) is 5.83. The fraction of sp³-hybridized carbons (Fsp3) is 0.143. The Hall–Kier alpha value is -2.50. The number of rotatable bonds is 3. The summed E-state index contributed by atoms with van der Waals surface area (Å²) < 4.78 is 27.3. The van der Waals surface area contributed by atoms with Crippen molar-refractivity contribution in [3.05, 3.63) is 47.0 Å². The Kier molecular flexibility index (Phi) is 3.65. The molecule has 0 heterocycles. The molecule has 20 heavy (non-hydrogen) atoms. The number of aryl methyl sites for hydroxylation is 1. The van der Waals surface area contributed by atoms with E-state index in [2.05, 4.69) is 5.32 Å². The van der Waals surface area contributed by atoms with Crippen LogP contribution < -0.4 is 5.32 Å². The Balaban J connectivity index is 2.26. The highest BCUT2D eigenvalue weighted by Gasteiger charge is 2.14. The van der Waals surface area contributed by atoms with E-state index in [4.69, 9.17) is 0 Å². The van der Waals surface area contributed by atoms with E-state index >= 15 is 0 Å². The molecule has 0 saturated carbocycles. The standard InChI is InChI=1S/C14H13F2NO3/c1-7-2-4-9(15)12(11(7)16)17-6-8-3-5-10(18)14(20)13(8)19/h2-5,17-20H,6H2,1H3. The van der Waals surface area contributed by atoms with Crippen molar-refractivity contribution in [1.82, 2.24) is 0 Å². The summed E-state index contributed by atoms with van der Waals surface area (Å²) in [7, 11) is 0. The third-order valence-corrected chi connectivity index (χ3v) is 2.95. The number of halogens is 2. The van der Waals surface area contributed by atoms with Crippen molar-refractivity contribution in [3.8, 4) is 17.2 Å². The van der Waals surface area contributed by atoms with Crippen LogP contribution in [0.5, 0.6) is 17.2 Å². The van der Waals surface area contributed by atoms with E-state index < -0.39 is 28.9 Å². The summed E-state index contributed by atoms with van der Waals surface area (Å²) in [5, 5.41) is 30.7. The maximum atomic E-state index is 13.8. The maximum Gasteiger partial charge on any atom is 0.200 e. The maximum absolute atomic E-state index is 13.8. The van der Waals surface area contributed by atoms with Gasteiger partial charge in [-0.15, -0.1) is 0 Å². The van der Waals surface area contributed by atoms with Gasteiger partial charge in [-0.2, -0.15) is 0 Å². The summed E-state index contributed by atoms with van der Waals surface area (Å²) >= 11 is 0. The van der Waals surface area contributed by atoms with Gasteiger partial charge in [-0.05, 0) is 30.7 Å². The van der Waals surface area contributed by atoms with Crippen LogP contribution in [-0.2, 0) is 6.54 Å². The number of aromatic hydroxyl groups is 3. The topological polar surface area (TPSA) is 72.7 Å². The van der Waals surface area contributed by atoms with E-state index in [9.17, 15) is 24.1 Å². The normalized spacial score (nSPS) is 10.6. The molecule has 0 fully saturated rings. The Morgan fingerprint density at radius 2 is 1.70 bits per heavy atom. The molecule has 0 unspecified atom stereocenters. The predicted octanol–water partition coefficient (Wildman–Crippen LogP) is 3.00. The van der Waals surface area contributed by atoms with E-state index in [0.717, 1.165) is 6.07 Å². The Bertz CT molecular complexity index is 659. The van der Waals surface area contributed by atoms with Crippen LogP contribution in [0, 0.1) is 18.6 Å². The highest BCUT2D eigenvalue weighted by molar-refractivity contribution is 5.55. The van der Waals surface area contributed by atoms with Gasteiger partial charge in [0.05, 0.1) is 0 Å². The van der Waals surface area contributed by atoms with Gasteiger partial charge in [-0.25, -0.2) is 8.78 Å². The van der Waals surface area contributed by atoms with Crippen molar-refractivity contribution in [1.29, 1.82) is 0 Å². The van der Waals surface area contributed by atoms with E-state index in [1.54, 1.807) is 0 Å². The quantitative estimate of drug-likeness (QED) is 0.653. The van der Waals surface area contributed by atoms with Gasteiger partial charge in [0.25, 0.3) is 0 Å². The zero-order chi connectivity index (χ0) is 14.9. The summed E-state index contributed by atoms with van der Waals surface area (Å²) in [6.45, 7) is 1.39. The first kappa shape index (κ1) is 13.9. The lowest BCUT2D eigenvalue weighted by atomic mass is 10.1. The van der Waals surface area contributed by atoms with Gasteiger partial charge in [-0.1, -0.05) is 6.07 Å². The molecule has 0 radical (unpaired) electrons. The molecule has 4 N–H and O–H groups in total. The number of hydrogen-bond donors (Lipinski definition) is 4. The van der Waals surface area contributed by atoms with E-state index in [0.29, 0.717) is 0 Å². The highest BCUT2D eigenvalue weighted by atomic mass is 19.1. The van der Waals surface area contributed by atoms with Crippen molar-refractivity contribution in [3.63, 3.8) is 0 Å². The smallest absolute Gasteiger partial charge is 0.200 e. The van der Waals surface area contributed by atoms with Crippen LogP contribution in [0.2, 0.25) is 0 Å². The Labute approximate surface area is 113 Å². The molecule has 0 atom stereocenters. The monoisotopic (exact) mass is 281 g/mol. The molecule has 0 spiro atoms. The first-order chi connectivity index (χ1) is 9.41. The van der Waals surface area contributed by atoms with E-state index in [1.807, 2.05) is 0 Å². The second-order valence-electron chi connectivity index (χ2n) is 4.35. The minimum absolute atomic E-state index is 0.114. The Morgan fingerprint density at radius 3 is 2.40 bits per heavy atom. The summed E-state index contributed by atoms with van der Waals surface area (Å²) in [6.07, 6.45) is 0. The molecule has 0 amide bonds. The van der Waals surface area contributed by atoms with Crippen LogP contribution in [0.3, 0.4) is 0 Å². The molecule has 0 bridgehead atoms. The van der Waals surface area contributed by atoms with Gasteiger partial charge >= 0.3 is 0 Å². The zero-order valence-electron chi connectivity index (χ0n) is 10.6. The van der Waals surface area contributed by atoms with Crippen LogP contribution in [0.4, 0.5) is 14.5 Å². The van der Waals surface area contributed by atoms with Crippen molar-refractivity contribution in [2.75, 3.05) is 5.32 Å². The molecule has 6 heteroatoms. The van der Waals surface area contributed by atoms with Crippen LogP contribution in [0.25, 0.3) is 0 Å². The minimum atomic E-state index is -0.754. The third-order valence-electron chi connectivity index (χ3n) is 2.95. The lowest BCUT2D eigenvalue weighted by molar-refractivity contribution is 0.365. The fourth-order valence-electron chi connectivity index (χ4n) is 1.76. The highest BCUT2D eigenvalue weighted by Crippen LogP contribution is 2.37. The molecule has 2 aromatic carbocycles. The number of phenols is 3. The summed E-state index contributed by atoms with van der Waals surface area (Å²) in [4.78, 5) is 0. The summed E-state index contributed by atoms with van der Waals surface area (Å²) in [6, 6.07) is 4.96. The molecule has 2 aromatic rings. The number of benzene rings is 2. The van der Waals surface area contributed by atoms with Gasteiger partial charge in [0.2, 0.25) is 5.75 Å². The SMILES string of the molecule is Cc1ccc(F)c(NCc2ccc(O)c(O)c2O)c1F. The van der Waals surface area contributed by atoms with Crippen LogP contribution in [-0.4, -0.2) is 15.3 Å². The van der Waals surface area contributed by atoms with Gasteiger partial charge in [0.1, 0.15) is 11.5 Å². The van der Waals surface area contributed by atoms with Gasteiger partial charge in [0, 0.05) is 12.1 Å². The predicted molar refractivity (Wildman–Crippen MR) is 69.9 cm³/mol. The summed E-state index contributed by atoms with van der Waals surface area (Å²) in [5.41, 5.74) is 0.171. The van der Waals surface area contributed by atoms with Crippen LogP contribution in [0.1, 0.15) is 11.1 Å². The molecule has 106 valence electrons. The van der Waals surface area contributed by atoms with Gasteiger partial charge in [0.15, 0.2) is 17.3 Å². The third kappa shape index (κ3) is 2.45. The molecule has 0 aliphatic carbocycles. The number of nitrogens with one attached hydrogen (secondary N) is 1. The Morgan fingerprint density at radius 1 is 1.00 bits per heavy atom. The molecule has 0 aliphatic heterocycles. The largest absolute Gasteiger partial charge is 0.504 e. The van der Waals surface area contributed by atoms with Crippen molar-refractivity contribution in [2.24, 2.45) is 0 Å². The number of anilines is 1. The molecule has 0 aromatic heterocycles. The number of hydrogen-bond acceptors (Lipinski definition) is 4. The lowest BCUT2D eigenvalue weighted by Gasteiger charge is -2.12. The average Bonchev–Trinajstić information content (AvgIpc) is 2.42. The molecular weight excluding hydrogens is 268 g/mol. The van der Waals surface area contributed by atoms with Crippen LogP contribution >= 0.6 is 0 Å². The molecule has 0 saturated heterocycles. The zero-order valence-corrected chi connectivity index (χ0v) is 10.6. The van der Waals surface area contributed by atoms with E-state index in [1.165, 1.54) is 25.1 Å². The van der Waals surface area contributed by atoms with Crippen molar-refractivity contribution < 1.29 is 24.1 Å².